The number of nitrogens with one attached hydrogen (secondary N) is 1. The van der Waals surface area contributed by atoms with Crippen molar-refractivity contribution in [2.24, 2.45) is 0 Å². The molecule has 3 nitrogen and oxygen atoms in total. The smallest absolute Gasteiger partial charge is 0.161 e. The number of aryl methyl sites for hydroxylation is 2. The summed E-state index contributed by atoms with van der Waals surface area (Å²) < 4.78 is 11.5. The molecule has 3 heteroatoms. The predicted molar refractivity (Wildman–Crippen MR) is 112 cm³/mol. The first-order valence-electron chi connectivity index (χ1n) is 9.30. The Balaban J connectivity index is 1.58. The van der Waals surface area contributed by atoms with Gasteiger partial charge in [-0.2, -0.15) is 0 Å². The molecular weight excluding hydrogens is 334 g/mol. The van der Waals surface area contributed by atoms with Crippen LogP contribution < -0.4 is 14.8 Å². The second-order valence-corrected chi connectivity index (χ2v) is 6.72. The molecule has 0 aliphatic carbocycles. The van der Waals surface area contributed by atoms with Gasteiger partial charge in [-0.15, -0.1) is 0 Å². The van der Waals surface area contributed by atoms with Gasteiger partial charge in [-0.3, -0.25) is 0 Å². The van der Waals surface area contributed by atoms with Gasteiger partial charge < -0.3 is 14.8 Å². The molecule has 0 heterocycles. The van der Waals surface area contributed by atoms with Crippen molar-refractivity contribution in [1.82, 2.24) is 0 Å². The zero-order valence-electron chi connectivity index (χ0n) is 16.3. The van der Waals surface area contributed by atoms with E-state index < -0.39 is 0 Å². The molecule has 0 fully saturated rings. The number of benzene rings is 3. The van der Waals surface area contributed by atoms with Crippen molar-refractivity contribution >= 4 is 5.69 Å². The summed E-state index contributed by atoms with van der Waals surface area (Å²) in [6, 6.07) is 22.9. The highest BCUT2D eigenvalue weighted by molar-refractivity contribution is 5.49. The summed E-state index contributed by atoms with van der Waals surface area (Å²) in [5.41, 5.74) is 6.14. The summed E-state index contributed by atoms with van der Waals surface area (Å²) in [5, 5.41) is 3.47. The van der Waals surface area contributed by atoms with Crippen LogP contribution in [0.1, 0.15) is 22.3 Å². The van der Waals surface area contributed by atoms with Gasteiger partial charge >= 0.3 is 0 Å². The van der Waals surface area contributed by atoms with Crippen LogP contribution in [0.25, 0.3) is 0 Å². The third-order valence-corrected chi connectivity index (χ3v) is 4.72. The van der Waals surface area contributed by atoms with E-state index in [2.05, 4.69) is 55.6 Å². The number of ether oxygens (including phenoxy) is 2. The van der Waals surface area contributed by atoms with Crippen molar-refractivity contribution in [3.63, 3.8) is 0 Å². The van der Waals surface area contributed by atoms with E-state index in [1.807, 2.05) is 30.3 Å². The molecule has 0 atom stereocenters. The highest BCUT2D eigenvalue weighted by atomic mass is 16.5. The van der Waals surface area contributed by atoms with Crippen molar-refractivity contribution in [2.45, 2.75) is 26.8 Å². The Morgan fingerprint density at radius 3 is 2.33 bits per heavy atom. The lowest BCUT2D eigenvalue weighted by molar-refractivity contribution is 0.297. The van der Waals surface area contributed by atoms with Crippen molar-refractivity contribution in [3.8, 4) is 11.5 Å². The molecule has 0 spiro atoms. The van der Waals surface area contributed by atoms with Crippen LogP contribution >= 0.6 is 0 Å². The van der Waals surface area contributed by atoms with E-state index in [0.717, 1.165) is 35.7 Å². The van der Waals surface area contributed by atoms with Crippen LogP contribution in [0.5, 0.6) is 11.5 Å². The standard InChI is InChI=1S/C24H27NO2/c1-18-9-11-22(15-19(18)2)25-17-21-10-12-23(24(16-21)26-3)27-14-13-20-7-5-4-6-8-20/h4-12,15-16,25H,13-14,17H2,1-3H3. The number of anilines is 1. The Kier molecular flexibility index (Phi) is 6.37. The molecule has 0 aliphatic rings. The molecule has 3 aromatic carbocycles. The van der Waals surface area contributed by atoms with Crippen LogP contribution in [0, 0.1) is 13.8 Å². The second-order valence-electron chi connectivity index (χ2n) is 6.72. The largest absolute Gasteiger partial charge is 0.493 e. The van der Waals surface area contributed by atoms with Gasteiger partial charge in [0, 0.05) is 18.7 Å². The molecule has 3 rings (SSSR count). The Morgan fingerprint density at radius 2 is 1.59 bits per heavy atom. The maximum Gasteiger partial charge on any atom is 0.161 e. The van der Waals surface area contributed by atoms with Gasteiger partial charge in [0.05, 0.1) is 13.7 Å². The zero-order chi connectivity index (χ0) is 19.1. The summed E-state index contributed by atoms with van der Waals surface area (Å²) in [4.78, 5) is 0. The molecule has 0 unspecified atom stereocenters. The highest BCUT2D eigenvalue weighted by Crippen LogP contribution is 2.28. The van der Waals surface area contributed by atoms with Gasteiger partial charge in [-0.1, -0.05) is 42.5 Å². The van der Waals surface area contributed by atoms with Gasteiger partial charge in [0.15, 0.2) is 11.5 Å². The molecule has 0 saturated carbocycles. The van der Waals surface area contributed by atoms with E-state index >= 15 is 0 Å². The molecule has 0 saturated heterocycles. The van der Waals surface area contributed by atoms with E-state index in [0.29, 0.717) is 6.61 Å². The molecule has 0 aliphatic heterocycles. The first-order valence-corrected chi connectivity index (χ1v) is 9.30. The van der Waals surface area contributed by atoms with Crippen molar-refractivity contribution < 1.29 is 9.47 Å². The van der Waals surface area contributed by atoms with E-state index in [9.17, 15) is 0 Å². The molecule has 0 radical (unpaired) electrons. The minimum Gasteiger partial charge on any atom is -0.493 e. The number of hydrogen-bond donors (Lipinski definition) is 1. The van der Waals surface area contributed by atoms with E-state index in [4.69, 9.17) is 9.47 Å². The molecule has 1 N–H and O–H groups in total. The average Bonchev–Trinajstić information content (AvgIpc) is 2.70. The summed E-state index contributed by atoms with van der Waals surface area (Å²) in [7, 11) is 1.68. The van der Waals surface area contributed by atoms with Gasteiger partial charge in [0.25, 0.3) is 0 Å². The SMILES string of the molecule is COc1cc(CNc2ccc(C)c(C)c2)ccc1OCCc1ccccc1. The Labute approximate surface area is 162 Å². The summed E-state index contributed by atoms with van der Waals surface area (Å²) >= 11 is 0. The summed E-state index contributed by atoms with van der Waals surface area (Å²) in [6.45, 7) is 5.62. The van der Waals surface area contributed by atoms with Gasteiger partial charge in [-0.25, -0.2) is 0 Å². The molecule has 27 heavy (non-hydrogen) atoms. The molecular formula is C24H27NO2. The molecule has 0 bridgehead atoms. The van der Waals surface area contributed by atoms with Crippen molar-refractivity contribution in [2.75, 3.05) is 19.0 Å². The Bertz CT molecular complexity index is 875. The van der Waals surface area contributed by atoms with Gasteiger partial charge in [-0.05, 0) is 60.4 Å². The maximum atomic E-state index is 5.93. The Hall–Kier alpha value is -2.94. The lowest BCUT2D eigenvalue weighted by Crippen LogP contribution is -2.04. The van der Waals surface area contributed by atoms with E-state index in [-0.39, 0.29) is 0 Å². The fraction of sp³-hybridized carbons (Fsp3) is 0.250. The first-order chi connectivity index (χ1) is 13.2. The van der Waals surface area contributed by atoms with E-state index in [1.54, 1.807) is 7.11 Å². The minimum atomic E-state index is 0.626. The molecule has 0 aromatic heterocycles. The van der Waals surface area contributed by atoms with Crippen LogP contribution in [-0.2, 0) is 13.0 Å². The number of methoxy groups -OCH3 is 1. The minimum absolute atomic E-state index is 0.626. The fourth-order valence-corrected chi connectivity index (χ4v) is 2.92. The summed E-state index contributed by atoms with van der Waals surface area (Å²) in [5.74, 6) is 1.55. The lowest BCUT2D eigenvalue weighted by atomic mass is 10.1. The quantitative estimate of drug-likeness (QED) is 0.571. The topological polar surface area (TPSA) is 30.5 Å². The third-order valence-electron chi connectivity index (χ3n) is 4.72. The van der Waals surface area contributed by atoms with E-state index in [1.165, 1.54) is 16.7 Å². The normalized spacial score (nSPS) is 10.5. The molecule has 140 valence electrons. The van der Waals surface area contributed by atoms with Gasteiger partial charge in [0.1, 0.15) is 0 Å². The van der Waals surface area contributed by atoms with Crippen molar-refractivity contribution in [3.05, 3.63) is 89.0 Å². The maximum absolute atomic E-state index is 5.93. The monoisotopic (exact) mass is 361 g/mol. The average molecular weight is 361 g/mol. The zero-order valence-corrected chi connectivity index (χ0v) is 16.3. The lowest BCUT2D eigenvalue weighted by Gasteiger charge is -2.13. The number of hydrogen-bond acceptors (Lipinski definition) is 3. The predicted octanol–water partition coefficient (Wildman–Crippen LogP) is 5.55. The summed E-state index contributed by atoms with van der Waals surface area (Å²) in [6.07, 6.45) is 0.875. The van der Waals surface area contributed by atoms with Crippen LogP contribution in [0.15, 0.2) is 66.7 Å². The van der Waals surface area contributed by atoms with Gasteiger partial charge in [0.2, 0.25) is 0 Å². The van der Waals surface area contributed by atoms with Crippen LogP contribution in [0.4, 0.5) is 5.69 Å². The second kappa shape index (κ2) is 9.13. The molecule has 3 aromatic rings. The Morgan fingerprint density at radius 1 is 0.778 bits per heavy atom. The first kappa shape index (κ1) is 18.8. The number of rotatable bonds is 8. The fourth-order valence-electron chi connectivity index (χ4n) is 2.92. The highest BCUT2D eigenvalue weighted by Gasteiger charge is 2.06. The van der Waals surface area contributed by atoms with Crippen LogP contribution in [-0.4, -0.2) is 13.7 Å². The van der Waals surface area contributed by atoms with Crippen LogP contribution in [0.2, 0.25) is 0 Å². The van der Waals surface area contributed by atoms with Crippen LogP contribution in [0.3, 0.4) is 0 Å². The molecule has 0 amide bonds. The van der Waals surface area contributed by atoms with Crippen molar-refractivity contribution in [1.29, 1.82) is 0 Å². The third kappa shape index (κ3) is 5.27.